The molecule has 22 heteroatoms. The van der Waals surface area contributed by atoms with Gasteiger partial charge in [0.05, 0.1) is 32.5 Å². The van der Waals surface area contributed by atoms with Crippen molar-refractivity contribution in [3.63, 3.8) is 0 Å². The number of anilines is 2. The van der Waals surface area contributed by atoms with Gasteiger partial charge in [-0.3, -0.25) is 23.4 Å². The minimum absolute atomic E-state index is 0.000989. The topological polar surface area (TPSA) is 257 Å². The first-order valence-electron chi connectivity index (χ1n) is 12.1. The third kappa shape index (κ3) is 4.44. The van der Waals surface area contributed by atoms with Crippen LogP contribution < -0.4 is 17.0 Å². The van der Waals surface area contributed by atoms with Gasteiger partial charge in [-0.25, -0.2) is 28.7 Å². The number of fused-ring (bicyclic) bond motifs is 2. The van der Waals surface area contributed by atoms with Crippen LogP contribution in [0.1, 0.15) is 0 Å². The zero-order valence-electron chi connectivity index (χ0n) is 21.1. The average molecular weight is 633 g/mol. The summed E-state index contributed by atoms with van der Waals surface area (Å²) in [5.74, 6) is -2.89. The van der Waals surface area contributed by atoms with Crippen molar-refractivity contribution in [3.05, 3.63) is 29.3 Å². The number of aliphatic hydroxyl groups is 2. The van der Waals surface area contributed by atoms with E-state index in [1.165, 1.54) is 0 Å². The summed E-state index contributed by atoms with van der Waals surface area (Å²) >= 11 is 5.13. The molecule has 2 fully saturated rings. The summed E-state index contributed by atoms with van der Waals surface area (Å²) in [6.45, 7) is -7.25. The van der Waals surface area contributed by atoms with Crippen molar-refractivity contribution < 1.29 is 42.4 Å². The molecule has 0 bridgehead atoms. The van der Waals surface area contributed by atoms with Gasteiger partial charge >= 0.3 is 6.72 Å². The number of H-pyrrole nitrogens is 1. The SMILES string of the molecule is Nc1nc2c(ncn2C2(OP(O)(=S)OC[C@H]3OCC(F)(n4cnc5c(N)ncnc54)[C@@H]3O)CO[C@H](CO)[C@H]2F)c(=O)[nH]1. The van der Waals surface area contributed by atoms with Gasteiger partial charge in [0.1, 0.15) is 36.8 Å². The number of nitrogens with one attached hydrogen (secondary N) is 1. The van der Waals surface area contributed by atoms with Gasteiger partial charge in [-0.15, -0.1) is 0 Å². The number of hydrogen-bond donors (Lipinski definition) is 6. The van der Waals surface area contributed by atoms with Gasteiger partial charge in [-0.2, -0.15) is 4.98 Å². The maximum absolute atomic E-state index is 16.1. The van der Waals surface area contributed by atoms with Crippen LogP contribution >= 0.6 is 6.72 Å². The lowest BCUT2D eigenvalue weighted by molar-refractivity contribution is -0.0745. The number of ether oxygens (including phenoxy) is 2. The summed E-state index contributed by atoms with van der Waals surface area (Å²) in [4.78, 5) is 45.2. The van der Waals surface area contributed by atoms with Crippen LogP contribution in [0.3, 0.4) is 0 Å². The molecule has 42 heavy (non-hydrogen) atoms. The highest BCUT2D eigenvalue weighted by Gasteiger charge is 2.57. The largest absolute Gasteiger partial charge is 0.394 e. The third-order valence-corrected chi connectivity index (χ3v) is 8.58. The Morgan fingerprint density at radius 2 is 1.86 bits per heavy atom. The van der Waals surface area contributed by atoms with Crippen molar-refractivity contribution in [2.24, 2.45) is 0 Å². The van der Waals surface area contributed by atoms with Gasteiger partial charge in [-0.05, 0) is 11.8 Å². The van der Waals surface area contributed by atoms with Gasteiger partial charge < -0.3 is 40.6 Å². The highest BCUT2D eigenvalue weighted by Crippen LogP contribution is 2.54. The summed E-state index contributed by atoms with van der Waals surface area (Å²) in [7, 11) is 0. The fraction of sp³-hybridized carbons (Fsp3) is 0.500. The second-order valence-electron chi connectivity index (χ2n) is 9.53. The van der Waals surface area contributed by atoms with Crippen LogP contribution in [0, 0.1) is 0 Å². The Morgan fingerprint density at radius 3 is 2.60 bits per heavy atom. The standard InChI is InChI=1S/C20H23F2N10O8PS/c21-12-8(1-33)38-4-20(12,32-7-28-11-16(32)29-18(24)30-17(11)35)40-41(36,42)39-2-9-13(34)19(22,3-37-9)31-6-27-10-14(23)25-5-26-15(10)31/h5-9,12-13,33-34H,1-4H2,(H,36,42)(H2,23,25,26)(H3,24,29,30,35)/t8-,9-,12-,13-,19?,20?,41?/m1/s1. The predicted molar refractivity (Wildman–Crippen MR) is 140 cm³/mol. The molecule has 4 aromatic heterocycles. The molecule has 0 amide bonds. The molecule has 0 aliphatic carbocycles. The van der Waals surface area contributed by atoms with Crippen LogP contribution in [-0.2, 0) is 41.8 Å². The average Bonchev–Trinajstić information content (AvgIpc) is 3.70. The minimum atomic E-state index is -4.48. The van der Waals surface area contributed by atoms with Crippen LogP contribution in [-0.4, -0.2) is 105 Å². The molecule has 0 radical (unpaired) electrons. The summed E-state index contributed by atoms with van der Waals surface area (Å²) in [6, 6.07) is 0. The molecule has 0 saturated carbocycles. The maximum Gasteiger partial charge on any atom is 0.326 e. The molecule has 3 unspecified atom stereocenters. The minimum Gasteiger partial charge on any atom is -0.394 e. The lowest BCUT2D eigenvalue weighted by atomic mass is 10.1. The van der Waals surface area contributed by atoms with E-state index in [0.29, 0.717) is 0 Å². The second kappa shape index (κ2) is 10.2. The Kier molecular flexibility index (Phi) is 6.98. The number of aromatic nitrogens is 8. The summed E-state index contributed by atoms with van der Waals surface area (Å²) in [5.41, 5.74) is 7.99. The number of nitrogens with two attached hydrogens (primary N) is 2. The van der Waals surface area contributed by atoms with E-state index in [2.05, 4.69) is 29.9 Å². The lowest BCUT2D eigenvalue weighted by Gasteiger charge is -2.34. The van der Waals surface area contributed by atoms with Gasteiger partial charge in [-0.1, -0.05) is 0 Å². The van der Waals surface area contributed by atoms with Crippen LogP contribution in [0.4, 0.5) is 20.5 Å². The van der Waals surface area contributed by atoms with Crippen LogP contribution in [0.2, 0.25) is 0 Å². The highest BCUT2D eigenvalue weighted by atomic mass is 32.5. The fourth-order valence-corrected chi connectivity index (χ4v) is 6.51. The number of alkyl halides is 2. The second-order valence-corrected chi connectivity index (χ2v) is 12.3. The molecule has 8 N–H and O–H groups in total. The Morgan fingerprint density at radius 1 is 1.14 bits per heavy atom. The first-order chi connectivity index (χ1) is 19.9. The van der Waals surface area contributed by atoms with Crippen LogP contribution in [0.15, 0.2) is 23.8 Å². The number of aromatic amines is 1. The summed E-state index contributed by atoms with van der Waals surface area (Å²) in [5, 5.41) is 20.5. The van der Waals surface area contributed by atoms with Crippen molar-refractivity contribution in [3.8, 4) is 0 Å². The van der Waals surface area contributed by atoms with Crippen LogP contribution in [0.25, 0.3) is 22.3 Å². The van der Waals surface area contributed by atoms with E-state index in [1.807, 2.05) is 0 Å². The van der Waals surface area contributed by atoms with Gasteiger partial charge in [0.15, 0.2) is 28.8 Å². The molecule has 6 heterocycles. The monoisotopic (exact) mass is 632 g/mol. The molecular weight excluding hydrogens is 609 g/mol. The predicted octanol–water partition coefficient (Wildman–Crippen LogP) is -1.86. The number of aliphatic hydroxyl groups excluding tert-OH is 2. The van der Waals surface area contributed by atoms with Gasteiger partial charge in [0, 0.05) is 0 Å². The Bertz CT molecular complexity index is 1780. The molecule has 4 aromatic rings. The zero-order chi connectivity index (χ0) is 30.0. The Balaban J connectivity index is 1.25. The molecule has 7 atom stereocenters. The van der Waals surface area contributed by atoms with Crippen molar-refractivity contribution in [2.45, 2.75) is 36.0 Å². The number of nitrogens with zero attached hydrogens (tertiary/aromatic N) is 7. The number of nitrogen functional groups attached to an aromatic ring is 2. The fourth-order valence-electron chi connectivity index (χ4n) is 4.91. The first kappa shape index (κ1) is 28.8. The van der Waals surface area contributed by atoms with Crippen LogP contribution in [0.5, 0.6) is 0 Å². The van der Waals surface area contributed by atoms with Gasteiger partial charge in [0.2, 0.25) is 17.5 Å². The van der Waals surface area contributed by atoms with E-state index in [4.69, 9.17) is 41.8 Å². The summed E-state index contributed by atoms with van der Waals surface area (Å²) in [6.07, 6.45) is -3.69. The number of rotatable bonds is 8. The number of halogens is 2. The Labute approximate surface area is 237 Å². The first-order valence-corrected chi connectivity index (χ1v) is 14.7. The molecule has 226 valence electrons. The Hall–Kier alpha value is -3.27. The van der Waals surface area contributed by atoms with E-state index >= 15 is 8.78 Å². The van der Waals surface area contributed by atoms with Gasteiger partial charge in [0.25, 0.3) is 5.56 Å². The maximum atomic E-state index is 16.1. The van der Waals surface area contributed by atoms with Crippen molar-refractivity contribution in [1.82, 2.24) is 39.0 Å². The third-order valence-electron chi connectivity index (χ3n) is 7.02. The van der Waals surface area contributed by atoms with E-state index in [-0.39, 0.29) is 34.1 Å². The van der Waals surface area contributed by atoms with E-state index in [9.17, 15) is 19.9 Å². The smallest absolute Gasteiger partial charge is 0.326 e. The van der Waals surface area contributed by atoms with E-state index < -0.39 is 74.7 Å². The van der Waals surface area contributed by atoms with E-state index in [0.717, 1.165) is 28.1 Å². The molecular formula is C20H23F2N10O8PS. The summed E-state index contributed by atoms with van der Waals surface area (Å²) < 4.78 is 55.5. The molecule has 6 rings (SSSR count). The lowest BCUT2D eigenvalue weighted by Crippen LogP contribution is -2.46. The molecule has 2 saturated heterocycles. The molecule has 0 aromatic carbocycles. The quantitative estimate of drug-likeness (QED) is 0.116. The molecule has 0 spiro atoms. The van der Waals surface area contributed by atoms with E-state index in [1.54, 1.807) is 0 Å². The number of imidazole rings is 2. The molecule has 18 nitrogen and oxygen atoms in total. The number of hydrogen-bond acceptors (Lipinski definition) is 15. The molecule has 2 aliphatic heterocycles. The zero-order valence-corrected chi connectivity index (χ0v) is 22.9. The molecule has 2 aliphatic rings. The normalized spacial score (nSPS) is 31.3. The highest BCUT2D eigenvalue weighted by molar-refractivity contribution is 8.07. The van der Waals surface area contributed by atoms with Crippen molar-refractivity contribution in [2.75, 3.05) is 37.9 Å². The van der Waals surface area contributed by atoms with Crippen molar-refractivity contribution >= 4 is 52.6 Å². The van der Waals surface area contributed by atoms with Crippen molar-refractivity contribution in [1.29, 1.82) is 0 Å².